The summed E-state index contributed by atoms with van der Waals surface area (Å²) < 4.78 is 20.3. The normalized spacial score (nSPS) is 16.0. The molecule has 1 atom stereocenters. The van der Waals surface area contributed by atoms with E-state index in [0.29, 0.717) is 28.3 Å². The summed E-state index contributed by atoms with van der Waals surface area (Å²) in [5, 5.41) is 10.1. The quantitative estimate of drug-likeness (QED) is 0.812. The first-order valence-electron chi connectivity index (χ1n) is 8.67. The topological polar surface area (TPSA) is 49.8 Å². The largest absolute Gasteiger partial charge is 0.394 e. The van der Waals surface area contributed by atoms with Crippen LogP contribution in [0.4, 0.5) is 4.39 Å². The first kappa shape index (κ1) is 18.3. The third-order valence-electron chi connectivity index (χ3n) is 4.98. The predicted octanol–water partition coefficient (Wildman–Crippen LogP) is 3.81. The molecule has 1 aromatic carbocycles. The minimum absolute atomic E-state index is 0.0860. The molecule has 1 heterocycles. The number of aliphatic hydroxyl groups excluding tert-OH is 1. The Kier molecular flexibility index (Phi) is 5.71. The van der Waals surface area contributed by atoms with E-state index < -0.39 is 0 Å². The van der Waals surface area contributed by atoms with Crippen LogP contribution < -0.4 is 0 Å². The molecule has 0 radical (unpaired) electrons. The fourth-order valence-corrected chi connectivity index (χ4v) is 4.45. The number of methoxy groups -OCH3 is 1. The maximum absolute atomic E-state index is 14.3. The van der Waals surface area contributed by atoms with Gasteiger partial charge in [0.2, 0.25) is 0 Å². The summed E-state index contributed by atoms with van der Waals surface area (Å²) >= 11 is 1.30. The van der Waals surface area contributed by atoms with E-state index in [1.165, 1.54) is 23.8 Å². The molecule has 136 valence electrons. The Morgan fingerprint density at radius 3 is 2.84 bits per heavy atom. The van der Waals surface area contributed by atoms with Gasteiger partial charge in [0.25, 0.3) is 5.91 Å². The van der Waals surface area contributed by atoms with Gasteiger partial charge in [-0.1, -0.05) is 12.5 Å². The number of benzene rings is 1. The lowest BCUT2D eigenvalue weighted by Gasteiger charge is -2.35. The molecule has 6 heteroatoms. The van der Waals surface area contributed by atoms with E-state index in [9.17, 15) is 14.3 Å². The fourth-order valence-electron chi connectivity index (χ4n) is 3.27. The SMILES string of the molecule is COCc1c(C(=O)N(CC2CCC2)[C@@H](C)CO)sc2cccc(F)c12. The molecule has 4 nitrogen and oxygen atoms in total. The summed E-state index contributed by atoms with van der Waals surface area (Å²) in [4.78, 5) is 15.5. The molecule has 1 aliphatic rings. The van der Waals surface area contributed by atoms with Gasteiger partial charge in [-0.25, -0.2) is 4.39 Å². The average molecular weight is 365 g/mol. The highest BCUT2D eigenvalue weighted by molar-refractivity contribution is 7.21. The maximum Gasteiger partial charge on any atom is 0.264 e. The number of hydrogen-bond donors (Lipinski definition) is 1. The molecule has 1 amide bonds. The van der Waals surface area contributed by atoms with Gasteiger partial charge >= 0.3 is 0 Å². The van der Waals surface area contributed by atoms with Crippen LogP contribution in [0.5, 0.6) is 0 Å². The van der Waals surface area contributed by atoms with Crippen molar-refractivity contribution >= 4 is 27.3 Å². The molecule has 0 saturated heterocycles. The summed E-state index contributed by atoms with van der Waals surface area (Å²) in [6.07, 6.45) is 3.44. The van der Waals surface area contributed by atoms with Gasteiger partial charge in [0.15, 0.2) is 0 Å². The van der Waals surface area contributed by atoms with Gasteiger partial charge in [-0.15, -0.1) is 11.3 Å². The average Bonchev–Trinajstić information content (AvgIpc) is 2.93. The lowest BCUT2D eigenvalue weighted by atomic mass is 9.85. The van der Waals surface area contributed by atoms with Crippen molar-refractivity contribution in [2.45, 2.75) is 38.8 Å². The molecule has 3 rings (SSSR count). The van der Waals surface area contributed by atoms with Crippen LogP contribution in [0.2, 0.25) is 0 Å². The Bertz CT molecular complexity index is 756. The van der Waals surface area contributed by atoms with E-state index in [2.05, 4.69) is 0 Å². The zero-order chi connectivity index (χ0) is 18.0. The number of nitrogens with zero attached hydrogens (tertiary/aromatic N) is 1. The Labute approximate surface area is 151 Å². The minimum atomic E-state index is -0.333. The minimum Gasteiger partial charge on any atom is -0.394 e. The Balaban J connectivity index is 2.01. The maximum atomic E-state index is 14.3. The Hall–Kier alpha value is -1.50. The number of fused-ring (bicyclic) bond motifs is 1. The second-order valence-corrected chi connectivity index (χ2v) is 7.79. The van der Waals surface area contributed by atoms with Crippen molar-refractivity contribution in [2.24, 2.45) is 5.92 Å². The van der Waals surface area contributed by atoms with Crippen LogP contribution in [-0.4, -0.2) is 42.2 Å². The first-order chi connectivity index (χ1) is 12.1. The Morgan fingerprint density at radius 2 is 2.24 bits per heavy atom. The highest BCUT2D eigenvalue weighted by Crippen LogP contribution is 2.36. The van der Waals surface area contributed by atoms with Crippen LogP contribution in [0.25, 0.3) is 10.1 Å². The molecule has 0 unspecified atom stereocenters. The third kappa shape index (κ3) is 3.57. The summed E-state index contributed by atoms with van der Waals surface area (Å²) in [7, 11) is 1.54. The van der Waals surface area contributed by atoms with Crippen molar-refractivity contribution in [2.75, 3.05) is 20.3 Å². The summed E-state index contributed by atoms with van der Waals surface area (Å²) in [5.74, 6) is 0.0247. The van der Waals surface area contributed by atoms with Gasteiger partial charge in [-0.3, -0.25) is 4.79 Å². The number of halogens is 1. The van der Waals surface area contributed by atoms with Gasteiger partial charge in [-0.2, -0.15) is 0 Å². The molecule has 1 saturated carbocycles. The number of ether oxygens (including phenoxy) is 1. The van der Waals surface area contributed by atoms with E-state index in [1.54, 1.807) is 18.1 Å². The fraction of sp³-hybridized carbons (Fsp3) is 0.526. The lowest BCUT2D eigenvalue weighted by Crippen LogP contribution is -2.44. The monoisotopic (exact) mass is 365 g/mol. The van der Waals surface area contributed by atoms with E-state index >= 15 is 0 Å². The van der Waals surface area contributed by atoms with Crippen molar-refractivity contribution in [1.29, 1.82) is 0 Å². The predicted molar refractivity (Wildman–Crippen MR) is 97.4 cm³/mol. The van der Waals surface area contributed by atoms with E-state index in [0.717, 1.165) is 17.5 Å². The number of rotatable bonds is 7. The van der Waals surface area contributed by atoms with Crippen LogP contribution in [0.1, 0.15) is 41.4 Å². The molecular weight excluding hydrogens is 341 g/mol. The van der Waals surface area contributed by atoms with Crippen LogP contribution in [0, 0.1) is 11.7 Å². The molecular formula is C19H24FNO3S. The van der Waals surface area contributed by atoms with Crippen molar-refractivity contribution in [3.8, 4) is 0 Å². The van der Waals surface area contributed by atoms with Crippen molar-refractivity contribution < 1.29 is 19.0 Å². The molecule has 0 bridgehead atoms. The molecule has 1 fully saturated rings. The smallest absolute Gasteiger partial charge is 0.264 e. The van der Waals surface area contributed by atoms with Gasteiger partial charge in [-0.05, 0) is 37.8 Å². The summed E-state index contributed by atoms with van der Waals surface area (Å²) in [5.41, 5.74) is 0.606. The highest BCUT2D eigenvalue weighted by atomic mass is 32.1. The van der Waals surface area contributed by atoms with Crippen LogP contribution in [0.3, 0.4) is 0 Å². The standard InChI is InChI=1S/C19H24FNO3S/c1-12(10-22)21(9-13-5-3-6-13)19(23)18-14(11-24-2)17-15(20)7-4-8-16(17)25-18/h4,7-8,12-13,22H,3,5-6,9-11H2,1-2H3/t12-/m0/s1. The van der Waals surface area contributed by atoms with Gasteiger partial charge < -0.3 is 14.7 Å². The zero-order valence-corrected chi connectivity index (χ0v) is 15.4. The number of hydrogen-bond acceptors (Lipinski definition) is 4. The summed E-state index contributed by atoms with van der Waals surface area (Å²) in [6.45, 7) is 2.59. The number of carbonyl (C=O) groups is 1. The highest BCUT2D eigenvalue weighted by Gasteiger charge is 2.30. The second kappa shape index (κ2) is 7.81. The van der Waals surface area contributed by atoms with E-state index in [1.807, 2.05) is 13.0 Å². The Morgan fingerprint density at radius 1 is 1.48 bits per heavy atom. The van der Waals surface area contributed by atoms with Gasteiger partial charge in [0.05, 0.1) is 24.1 Å². The van der Waals surface area contributed by atoms with Gasteiger partial charge in [0.1, 0.15) is 5.82 Å². The molecule has 25 heavy (non-hydrogen) atoms. The second-order valence-electron chi connectivity index (χ2n) is 6.74. The van der Waals surface area contributed by atoms with Crippen molar-refractivity contribution in [3.63, 3.8) is 0 Å². The van der Waals surface area contributed by atoms with E-state index in [-0.39, 0.29) is 31.0 Å². The number of aliphatic hydroxyl groups is 1. The lowest BCUT2D eigenvalue weighted by molar-refractivity contribution is 0.0531. The molecule has 2 aromatic rings. The van der Waals surface area contributed by atoms with Crippen LogP contribution in [-0.2, 0) is 11.3 Å². The van der Waals surface area contributed by atoms with Crippen molar-refractivity contribution in [1.82, 2.24) is 4.90 Å². The van der Waals surface area contributed by atoms with Gasteiger partial charge in [0, 0.05) is 29.3 Å². The van der Waals surface area contributed by atoms with Crippen molar-refractivity contribution in [3.05, 3.63) is 34.5 Å². The summed E-state index contributed by atoms with van der Waals surface area (Å²) in [6, 6.07) is 4.62. The number of thiophene rings is 1. The first-order valence-corrected chi connectivity index (χ1v) is 9.49. The molecule has 1 aromatic heterocycles. The molecule has 0 spiro atoms. The van der Waals surface area contributed by atoms with Crippen LogP contribution in [0.15, 0.2) is 18.2 Å². The molecule has 0 aliphatic heterocycles. The third-order valence-corrected chi connectivity index (χ3v) is 6.17. The molecule has 1 aliphatic carbocycles. The molecule has 1 N–H and O–H groups in total. The number of carbonyl (C=O) groups excluding carboxylic acids is 1. The zero-order valence-electron chi connectivity index (χ0n) is 14.6. The van der Waals surface area contributed by atoms with Crippen LogP contribution >= 0.6 is 11.3 Å². The van der Waals surface area contributed by atoms with E-state index in [4.69, 9.17) is 4.74 Å². The number of amides is 1.